The van der Waals surface area contributed by atoms with Gasteiger partial charge in [0.1, 0.15) is 12.1 Å². The number of aromatic nitrogens is 3. The molecule has 3 heterocycles. The van der Waals surface area contributed by atoms with Gasteiger partial charge in [-0.3, -0.25) is 4.57 Å². The third kappa shape index (κ3) is 2.67. The Balaban J connectivity index is 1.62. The number of hydrogen-bond donors (Lipinski definition) is 0. The molecule has 0 aromatic carbocycles. The van der Waals surface area contributed by atoms with Crippen LogP contribution in [0.15, 0.2) is 41.5 Å². The number of piperazine rings is 1. The SMILES string of the molecule is O=C(N1CCN(c2ccc(Br)cn2)CC1)n1ccnc1. The Morgan fingerprint density at radius 2 is 2.00 bits per heavy atom. The summed E-state index contributed by atoms with van der Waals surface area (Å²) >= 11 is 3.38. The molecule has 2 aromatic rings. The predicted octanol–water partition coefficient (Wildman–Crippen LogP) is 1.83. The first-order valence-corrected chi connectivity index (χ1v) is 7.17. The lowest BCUT2D eigenvalue weighted by Crippen LogP contribution is -2.50. The Hall–Kier alpha value is -1.89. The van der Waals surface area contributed by atoms with Crippen LogP contribution in [0.1, 0.15) is 0 Å². The Morgan fingerprint density at radius 1 is 1.20 bits per heavy atom. The fraction of sp³-hybridized carbons (Fsp3) is 0.308. The first-order chi connectivity index (χ1) is 9.74. The van der Waals surface area contributed by atoms with Crippen molar-refractivity contribution in [3.63, 3.8) is 0 Å². The number of carbonyl (C=O) groups is 1. The van der Waals surface area contributed by atoms with E-state index in [2.05, 4.69) is 30.8 Å². The van der Waals surface area contributed by atoms with Crippen LogP contribution in [0.4, 0.5) is 10.6 Å². The smallest absolute Gasteiger partial charge is 0.329 e. The first-order valence-electron chi connectivity index (χ1n) is 6.38. The maximum atomic E-state index is 12.2. The van der Waals surface area contributed by atoms with Gasteiger partial charge in [0.25, 0.3) is 0 Å². The van der Waals surface area contributed by atoms with Gasteiger partial charge >= 0.3 is 6.03 Å². The van der Waals surface area contributed by atoms with Crippen molar-refractivity contribution in [1.82, 2.24) is 19.4 Å². The average molecular weight is 336 g/mol. The summed E-state index contributed by atoms with van der Waals surface area (Å²) in [5, 5.41) is 0. The number of nitrogens with zero attached hydrogens (tertiary/aromatic N) is 5. The standard InChI is InChI=1S/C13H14BrN5O/c14-11-1-2-12(16-9-11)17-5-7-18(8-6-17)13(20)19-4-3-15-10-19/h1-4,9-10H,5-8H2. The first kappa shape index (κ1) is 13.1. The van der Waals surface area contributed by atoms with Crippen LogP contribution in [0, 0.1) is 0 Å². The lowest BCUT2D eigenvalue weighted by atomic mass is 10.3. The topological polar surface area (TPSA) is 54.3 Å². The number of halogens is 1. The van der Waals surface area contributed by atoms with Crippen molar-refractivity contribution in [3.8, 4) is 0 Å². The van der Waals surface area contributed by atoms with E-state index < -0.39 is 0 Å². The van der Waals surface area contributed by atoms with Crippen LogP contribution in [0.5, 0.6) is 0 Å². The largest absolute Gasteiger partial charge is 0.353 e. The molecule has 1 aliphatic rings. The number of carbonyl (C=O) groups excluding carboxylic acids is 1. The Labute approximate surface area is 125 Å². The monoisotopic (exact) mass is 335 g/mol. The van der Waals surface area contributed by atoms with Gasteiger partial charge in [-0.15, -0.1) is 0 Å². The highest BCUT2D eigenvalue weighted by Gasteiger charge is 2.22. The lowest BCUT2D eigenvalue weighted by molar-refractivity contribution is 0.196. The van der Waals surface area contributed by atoms with E-state index in [1.807, 2.05) is 17.0 Å². The highest BCUT2D eigenvalue weighted by atomic mass is 79.9. The van der Waals surface area contributed by atoms with E-state index in [1.54, 1.807) is 18.6 Å². The average Bonchev–Trinajstić information content (AvgIpc) is 3.02. The third-order valence-corrected chi connectivity index (χ3v) is 3.78. The minimum atomic E-state index is -0.0223. The molecule has 0 atom stereocenters. The van der Waals surface area contributed by atoms with Crippen molar-refractivity contribution < 1.29 is 4.79 Å². The minimum absolute atomic E-state index is 0.0223. The van der Waals surface area contributed by atoms with Crippen molar-refractivity contribution in [2.24, 2.45) is 0 Å². The van der Waals surface area contributed by atoms with E-state index in [-0.39, 0.29) is 6.03 Å². The van der Waals surface area contributed by atoms with Crippen LogP contribution in [0.25, 0.3) is 0 Å². The fourth-order valence-corrected chi connectivity index (χ4v) is 2.45. The Kier molecular flexibility index (Phi) is 3.68. The number of imidazole rings is 1. The molecular formula is C13H14BrN5O. The quantitative estimate of drug-likeness (QED) is 0.797. The molecule has 20 heavy (non-hydrogen) atoms. The molecule has 0 bridgehead atoms. The molecule has 1 fully saturated rings. The van der Waals surface area contributed by atoms with Gasteiger partial charge in [0.05, 0.1) is 0 Å². The molecule has 0 aliphatic carbocycles. The second-order valence-corrected chi connectivity index (χ2v) is 5.48. The zero-order chi connectivity index (χ0) is 13.9. The molecule has 2 aromatic heterocycles. The highest BCUT2D eigenvalue weighted by Crippen LogP contribution is 2.16. The molecule has 0 saturated carbocycles. The van der Waals surface area contributed by atoms with Gasteiger partial charge in [0, 0.05) is 49.2 Å². The number of anilines is 1. The van der Waals surface area contributed by atoms with Crippen LogP contribution in [0.2, 0.25) is 0 Å². The molecule has 0 N–H and O–H groups in total. The van der Waals surface area contributed by atoms with E-state index in [4.69, 9.17) is 0 Å². The number of hydrogen-bond acceptors (Lipinski definition) is 4. The van der Waals surface area contributed by atoms with Crippen molar-refractivity contribution in [2.75, 3.05) is 31.1 Å². The van der Waals surface area contributed by atoms with E-state index in [0.29, 0.717) is 13.1 Å². The summed E-state index contributed by atoms with van der Waals surface area (Å²) < 4.78 is 2.48. The molecule has 1 amide bonds. The van der Waals surface area contributed by atoms with Crippen LogP contribution in [-0.4, -0.2) is 51.6 Å². The van der Waals surface area contributed by atoms with Gasteiger partial charge in [0.2, 0.25) is 0 Å². The van der Waals surface area contributed by atoms with E-state index in [0.717, 1.165) is 23.4 Å². The molecule has 7 heteroatoms. The summed E-state index contributed by atoms with van der Waals surface area (Å²) in [7, 11) is 0. The van der Waals surface area contributed by atoms with E-state index >= 15 is 0 Å². The third-order valence-electron chi connectivity index (χ3n) is 3.31. The lowest BCUT2D eigenvalue weighted by Gasteiger charge is -2.35. The number of pyridine rings is 1. The molecule has 6 nitrogen and oxygen atoms in total. The van der Waals surface area contributed by atoms with Gasteiger partial charge in [-0.1, -0.05) is 0 Å². The van der Waals surface area contributed by atoms with Crippen LogP contribution in [-0.2, 0) is 0 Å². The maximum absolute atomic E-state index is 12.2. The van der Waals surface area contributed by atoms with Gasteiger partial charge in [-0.25, -0.2) is 14.8 Å². The van der Waals surface area contributed by atoms with Crippen LogP contribution < -0.4 is 4.90 Å². The van der Waals surface area contributed by atoms with Crippen molar-refractivity contribution in [2.45, 2.75) is 0 Å². The zero-order valence-electron chi connectivity index (χ0n) is 10.8. The number of amides is 1. The Bertz CT molecular complexity index is 575. The summed E-state index contributed by atoms with van der Waals surface area (Å²) in [6.45, 7) is 2.95. The van der Waals surface area contributed by atoms with Gasteiger partial charge < -0.3 is 9.80 Å². The molecule has 0 spiro atoms. The van der Waals surface area contributed by atoms with Crippen LogP contribution in [0.3, 0.4) is 0 Å². The summed E-state index contributed by atoms with van der Waals surface area (Å²) in [6, 6.07) is 3.94. The summed E-state index contributed by atoms with van der Waals surface area (Å²) in [6.07, 6.45) is 6.61. The van der Waals surface area contributed by atoms with Gasteiger partial charge in [0.15, 0.2) is 0 Å². The zero-order valence-corrected chi connectivity index (χ0v) is 12.4. The second kappa shape index (κ2) is 5.62. The molecule has 1 saturated heterocycles. The molecule has 3 rings (SSSR count). The normalized spacial score (nSPS) is 15.4. The van der Waals surface area contributed by atoms with E-state index in [9.17, 15) is 4.79 Å². The summed E-state index contributed by atoms with van der Waals surface area (Å²) in [5.41, 5.74) is 0. The van der Waals surface area contributed by atoms with Crippen LogP contribution >= 0.6 is 15.9 Å². The summed E-state index contributed by atoms with van der Waals surface area (Å²) in [5.74, 6) is 0.947. The molecule has 1 aliphatic heterocycles. The molecule has 0 unspecified atom stereocenters. The highest BCUT2D eigenvalue weighted by molar-refractivity contribution is 9.10. The molecular weight excluding hydrogens is 322 g/mol. The molecule has 104 valence electrons. The summed E-state index contributed by atoms with van der Waals surface area (Å²) in [4.78, 5) is 24.5. The minimum Gasteiger partial charge on any atom is -0.353 e. The van der Waals surface area contributed by atoms with Crippen molar-refractivity contribution in [3.05, 3.63) is 41.5 Å². The molecule has 0 radical (unpaired) electrons. The van der Waals surface area contributed by atoms with E-state index in [1.165, 1.54) is 10.9 Å². The second-order valence-electron chi connectivity index (χ2n) is 4.56. The van der Waals surface area contributed by atoms with Gasteiger partial charge in [-0.2, -0.15) is 0 Å². The van der Waals surface area contributed by atoms with Crippen molar-refractivity contribution in [1.29, 1.82) is 0 Å². The van der Waals surface area contributed by atoms with Gasteiger partial charge in [-0.05, 0) is 28.1 Å². The number of rotatable bonds is 1. The van der Waals surface area contributed by atoms with Crippen molar-refractivity contribution >= 4 is 27.8 Å². The maximum Gasteiger partial charge on any atom is 0.329 e. The Morgan fingerprint density at radius 3 is 2.60 bits per heavy atom. The fourth-order valence-electron chi connectivity index (χ4n) is 2.22. The predicted molar refractivity (Wildman–Crippen MR) is 78.7 cm³/mol.